The maximum atomic E-state index is 11.8. The number of carboxylic acids is 1. The number of hydrogen-bond donors (Lipinski definition) is 0. The molecule has 0 heterocycles. The maximum Gasteiger partial charge on any atom is 0.306 e. The number of carbonyl (C=O) groups is 2. The number of aliphatic carboxylic acids is 1. The van der Waals surface area contributed by atoms with Crippen LogP contribution in [-0.2, 0) is 14.3 Å². The van der Waals surface area contributed by atoms with Gasteiger partial charge in [0.1, 0.15) is 6.54 Å². The molecular formula is C19H31NO4. The Bertz CT molecular complexity index is 458. The standard InChI is InChI=1S/C19H31NO4/c1-5-6-7-8-9-10-11-12-13-14-19(23)24-17(15-18(21)22)16-20(2,3)4/h5-10,17H,11-16H2,1-4H3/b6-5+,8-7+,10-9+. The van der Waals surface area contributed by atoms with Crippen LogP contribution in [0.1, 0.15) is 39.0 Å². The van der Waals surface area contributed by atoms with E-state index in [1.165, 1.54) is 0 Å². The normalized spacial score (nSPS) is 13.8. The molecule has 1 atom stereocenters. The molecule has 0 bridgehead atoms. The zero-order chi connectivity index (χ0) is 18.4. The van der Waals surface area contributed by atoms with E-state index in [4.69, 9.17) is 4.74 Å². The lowest BCUT2D eigenvalue weighted by atomic mass is 10.2. The van der Waals surface area contributed by atoms with Gasteiger partial charge in [-0.15, -0.1) is 0 Å². The Morgan fingerprint density at radius 3 is 2.33 bits per heavy atom. The molecule has 0 spiro atoms. The number of unbranched alkanes of at least 4 members (excludes halogenated alkanes) is 2. The summed E-state index contributed by atoms with van der Waals surface area (Å²) in [6.07, 6.45) is 13.8. The molecule has 24 heavy (non-hydrogen) atoms. The van der Waals surface area contributed by atoms with Gasteiger partial charge in [-0.25, -0.2) is 0 Å². The second-order valence-electron chi connectivity index (χ2n) is 6.75. The van der Waals surface area contributed by atoms with Crippen molar-refractivity contribution in [3.05, 3.63) is 36.5 Å². The van der Waals surface area contributed by atoms with Crippen molar-refractivity contribution in [2.24, 2.45) is 0 Å². The number of esters is 1. The van der Waals surface area contributed by atoms with Gasteiger partial charge in [0.2, 0.25) is 0 Å². The first-order valence-electron chi connectivity index (χ1n) is 8.39. The second-order valence-corrected chi connectivity index (χ2v) is 6.75. The van der Waals surface area contributed by atoms with Crippen LogP contribution in [0.25, 0.3) is 0 Å². The molecule has 0 saturated carbocycles. The Balaban J connectivity index is 4.05. The summed E-state index contributed by atoms with van der Waals surface area (Å²) in [6, 6.07) is 0. The third kappa shape index (κ3) is 15.0. The van der Waals surface area contributed by atoms with Gasteiger partial charge < -0.3 is 19.1 Å². The summed E-state index contributed by atoms with van der Waals surface area (Å²) in [6.45, 7) is 2.41. The van der Waals surface area contributed by atoms with Gasteiger partial charge in [-0.1, -0.05) is 36.5 Å². The summed E-state index contributed by atoms with van der Waals surface area (Å²) in [5.41, 5.74) is 0. The highest BCUT2D eigenvalue weighted by molar-refractivity contribution is 5.70. The van der Waals surface area contributed by atoms with Crippen LogP contribution >= 0.6 is 0 Å². The molecule has 1 unspecified atom stereocenters. The van der Waals surface area contributed by atoms with E-state index in [2.05, 4.69) is 6.08 Å². The minimum atomic E-state index is -1.20. The Hall–Kier alpha value is -1.88. The van der Waals surface area contributed by atoms with Crippen molar-refractivity contribution < 1.29 is 23.9 Å². The van der Waals surface area contributed by atoms with E-state index in [0.29, 0.717) is 17.4 Å². The van der Waals surface area contributed by atoms with E-state index >= 15 is 0 Å². The van der Waals surface area contributed by atoms with Crippen molar-refractivity contribution in [3.8, 4) is 0 Å². The SMILES string of the molecule is C/C=C/C=C/C=C/CCCCC(=O)OC(CC(=O)[O-])C[N+](C)(C)C. The van der Waals surface area contributed by atoms with E-state index in [1.807, 2.05) is 58.4 Å². The third-order valence-electron chi connectivity index (χ3n) is 3.11. The van der Waals surface area contributed by atoms with Crippen LogP contribution in [0, 0.1) is 0 Å². The third-order valence-corrected chi connectivity index (χ3v) is 3.11. The van der Waals surface area contributed by atoms with Gasteiger partial charge in [-0.3, -0.25) is 4.79 Å². The minimum absolute atomic E-state index is 0.261. The summed E-state index contributed by atoms with van der Waals surface area (Å²) >= 11 is 0. The minimum Gasteiger partial charge on any atom is -0.550 e. The first kappa shape index (κ1) is 22.1. The molecule has 0 aromatic carbocycles. The molecule has 0 aliphatic carbocycles. The summed E-state index contributed by atoms with van der Waals surface area (Å²) in [5, 5.41) is 10.8. The van der Waals surface area contributed by atoms with Gasteiger partial charge in [0.15, 0.2) is 6.10 Å². The molecule has 0 aromatic heterocycles. The van der Waals surface area contributed by atoms with Crippen molar-refractivity contribution >= 4 is 11.9 Å². The zero-order valence-electron chi connectivity index (χ0n) is 15.4. The van der Waals surface area contributed by atoms with Crippen molar-refractivity contribution in [2.75, 3.05) is 27.7 Å². The molecule has 0 amide bonds. The smallest absolute Gasteiger partial charge is 0.306 e. The lowest BCUT2D eigenvalue weighted by Gasteiger charge is -2.29. The first-order valence-corrected chi connectivity index (χ1v) is 8.39. The van der Waals surface area contributed by atoms with Gasteiger partial charge in [-0.2, -0.15) is 0 Å². The topological polar surface area (TPSA) is 66.4 Å². The van der Waals surface area contributed by atoms with Crippen LogP contribution < -0.4 is 5.11 Å². The van der Waals surface area contributed by atoms with Gasteiger partial charge in [-0.05, 0) is 26.2 Å². The molecule has 5 heteroatoms. The Morgan fingerprint density at radius 1 is 1.08 bits per heavy atom. The average Bonchev–Trinajstić information content (AvgIpc) is 2.42. The largest absolute Gasteiger partial charge is 0.550 e. The van der Waals surface area contributed by atoms with E-state index in [1.54, 1.807) is 0 Å². The molecule has 0 N–H and O–H groups in total. The Kier molecular flexibility index (Phi) is 11.5. The predicted molar refractivity (Wildman–Crippen MR) is 94.0 cm³/mol. The fourth-order valence-corrected chi connectivity index (χ4v) is 2.13. The van der Waals surface area contributed by atoms with E-state index in [-0.39, 0.29) is 12.4 Å². The van der Waals surface area contributed by atoms with Crippen LogP contribution in [-0.4, -0.2) is 50.2 Å². The number of rotatable bonds is 12. The number of quaternary nitrogens is 1. The number of carboxylic acid groups (broad SMARTS) is 1. The molecule has 0 rings (SSSR count). The van der Waals surface area contributed by atoms with Crippen molar-refractivity contribution in [1.82, 2.24) is 0 Å². The molecule has 0 aliphatic heterocycles. The molecule has 0 aromatic rings. The van der Waals surface area contributed by atoms with Crippen molar-refractivity contribution in [1.29, 1.82) is 0 Å². The van der Waals surface area contributed by atoms with E-state index in [0.717, 1.165) is 19.3 Å². The molecule has 0 saturated heterocycles. The summed E-state index contributed by atoms with van der Waals surface area (Å²) in [7, 11) is 5.77. The summed E-state index contributed by atoms with van der Waals surface area (Å²) in [4.78, 5) is 22.6. The van der Waals surface area contributed by atoms with Gasteiger partial charge in [0, 0.05) is 18.8 Å². The Morgan fingerprint density at radius 2 is 1.75 bits per heavy atom. The highest BCUT2D eigenvalue weighted by Gasteiger charge is 2.22. The number of hydrogen-bond acceptors (Lipinski definition) is 4. The number of ether oxygens (including phenoxy) is 1. The maximum absolute atomic E-state index is 11.8. The van der Waals surface area contributed by atoms with Crippen LogP contribution in [0.15, 0.2) is 36.5 Å². The number of allylic oxidation sites excluding steroid dienone is 6. The molecular weight excluding hydrogens is 306 g/mol. The average molecular weight is 337 g/mol. The van der Waals surface area contributed by atoms with E-state index in [9.17, 15) is 14.7 Å². The second kappa shape index (κ2) is 12.5. The molecule has 0 radical (unpaired) electrons. The van der Waals surface area contributed by atoms with Crippen LogP contribution in [0.2, 0.25) is 0 Å². The lowest BCUT2D eigenvalue weighted by Crippen LogP contribution is -2.45. The Labute approximate surface area is 145 Å². The molecule has 0 aliphatic rings. The van der Waals surface area contributed by atoms with Crippen molar-refractivity contribution in [3.63, 3.8) is 0 Å². The molecule has 0 fully saturated rings. The fourth-order valence-electron chi connectivity index (χ4n) is 2.13. The van der Waals surface area contributed by atoms with Crippen LogP contribution in [0.5, 0.6) is 0 Å². The monoisotopic (exact) mass is 337 g/mol. The first-order chi connectivity index (χ1) is 11.2. The number of likely N-dealkylation sites (N-methyl/N-ethyl adjacent to an activating group) is 1. The highest BCUT2D eigenvalue weighted by atomic mass is 16.5. The fraction of sp³-hybridized carbons (Fsp3) is 0.579. The van der Waals surface area contributed by atoms with E-state index < -0.39 is 12.1 Å². The van der Waals surface area contributed by atoms with Crippen LogP contribution in [0.4, 0.5) is 0 Å². The van der Waals surface area contributed by atoms with Crippen molar-refractivity contribution in [2.45, 2.75) is 45.1 Å². The number of nitrogens with zero attached hydrogens (tertiary/aromatic N) is 1. The molecule has 136 valence electrons. The number of carbonyl (C=O) groups excluding carboxylic acids is 2. The summed E-state index contributed by atoms with van der Waals surface area (Å²) < 4.78 is 5.82. The zero-order valence-corrected chi connectivity index (χ0v) is 15.4. The van der Waals surface area contributed by atoms with Gasteiger partial charge in [0.05, 0.1) is 21.1 Å². The van der Waals surface area contributed by atoms with Gasteiger partial charge >= 0.3 is 5.97 Å². The summed E-state index contributed by atoms with van der Waals surface area (Å²) in [5.74, 6) is -1.54. The quantitative estimate of drug-likeness (QED) is 0.236. The highest BCUT2D eigenvalue weighted by Crippen LogP contribution is 2.08. The molecule has 5 nitrogen and oxygen atoms in total. The lowest BCUT2D eigenvalue weighted by molar-refractivity contribution is -0.873. The van der Waals surface area contributed by atoms with Crippen LogP contribution in [0.3, 0.4) is 0 Å². The predicted octanol–water partition coefficient (Wildman–Crippen LogP) is 1.99. The van der Waals surface area contributed by atoms with Gasteiger partial charge in [0.25, 0.3) is 0 Å².